The van der Waals surface area contributed by atoms with Crippen molar-refractivity contribution in [2.45, 2.75) is 39.3 Å². The largest absolute Gasteiger partial charge is 0.444 e. The summed E-state index contributed by atoms with van der Waals surface area (Å²) in [4.78, 5) is 11.5. The number of alkyl carbamates (subject to hydrolysis) is 1. The standard InChI is InChI=1S/C11H16N4O3/c1-6(14-10(16)17-11(2,3)4)8-7(5-12)9(13)18-15-8/h6H,13H2,1-4H3,(H,14,16). The Morgan fingerprint density at radius 2 is 2.22 bits per heavy atom. The maximum Gasteiger partial charge on any atom is 0.408 e. The number of aromatic nitrogens is 1. The highest BCUT2D eigenvalue weighted by Gasteiger charge is 2.23. The molecule has 0 radical (unpaired) electrons. The fourth-order valence-electron chi connectivity index (χ4n) is 1.28. The number of ether oxygens (including phenoxy) is 1. The van der Waals surface area contributed by atoms with Gasteiger partial charge in [-0.15, -0.1) is 0 Å². The van der Waals surface area contributed by atoms with Crippen LogP contribution in [0, 0.1) is 11.3 Å². The minimum atomic E-state index is -0.597. The van der Waals surface area contributed by atoms with E-state index in [1.807, 2.05) is 6.07 Å². The van der Waals surface area contributed by atoms with Crippen molar-refractivity contribution < 1.29 is 14.1 Å². The molecule has 1 rings (SSSR count). The molecule has 3 N–H and O–H groups in total. The van der Waals surface area contributed by atoms with Gasteiger partial charge in [0.05, 0.1) is 6.04 Å². The molecule has 0 bridgehead atoms. The zero-order valence-electron chi connectivity index (χ0n) is 10.8. The van der Waals surface area contributed by atoms with Crippen molar-refractivity contribution in [2.75, 3.05) is 5.73 Å². The van der Waals surface area contributed by atoms with Crippen molar-refractivity contribution in [3.05, 3.63) is 11.3 Å². The fourth-order valence-corrected chi connectivity index (χ4v) is 1.28. The van der Waals surface area contributed by atoms with E-state index in [0.717, 1.165) is 0 Å². The van der Waals surface area contributed by atoms with Crippen LogP contribution in [0.3, 0.4) is 0 Å². The molecular formula is C11H16N4O3. The normalized spacial score (nSPS) is 12.6. The van der Waals surface area contributed by atoms with E-state index in [1.54, 1.807) is 27.7 Å². The topological polar surface area (TPSA) is 114 Å². The summed E-state index contributed by atoms with van der Waals surface area (Å²) in [6, 6.07) is 1.34. The highest BCUT2D eigenvalue weighted by molar-refractivity contribution is 5.68. The molecule has 98 valence electrons. The summed E-state index contributed by atoms with van der Waals surface area (Å²) in [5, 5.41) is 15.1. The van der Waals surface area contributed by atoms with Crippen LogP contribution in [0.2, 0.25) is 0 Å². The molecule has 1 aromatic rings. The van der Waals surface area contributed by atoms with Crippen LogP contribution in [-0.2, 0) is 4.74 Å². The van der Waals surface area contributed by atoms with Crippen LogP contribution in [0.15, 0.2) is 4.52 Å². The minimum Gasteiger partial charge on any atom is -0.444 e. The summed E-state index contributed by atoms with van der Waals surface area (Å²) < 4.78 is 9.79. The van der Waals surface area contributed by atoms with Crippen LogP contribution < -0.4 is 11.1 Å². The molecule has 0 fully saturated rings. The summed E-state index contributed by atoms with van der Waals surface area (Å²) in [6.45, 7) is 6.92. The van der Waals surface area contributed by atoms with E-state index in [1.165, 1.54) is 0 Å². The van der Waals surface area contributed by atoms with Gasteiger partial charge in [-0.25, -0.2) is 4.79 Å². The van der Waals surface area contributed by atoms with Crippen LogP contribution >= 0.6 is 0 Å². The molecule has 1 aromatic heterocycles. The second kappa shape index (κ2) is 4.96. The van der Waals surface area contributed by atoms with Crippen molar-refractivity contribution in [1.82, 2.24) is 10.5 Å². The predicted octanol–water partition coefficient (Wildman–Crippen LogP) is 1.71. The van der Waals surface area contributed by atoms with E-state index >= 15 is 0 Å². The van der Waals surface area contributed by atoms with Gasteiger partial charge in [-0.2, -0.15) is 5.26 Å². The summed E-state index contributed by atoms with van der Waals surface area (Å²) >= 11 is 0. The molecule has 0 aliphatic carbocycles. The van der Waals surface area contributed by atoms with Gasteiger partial charge in [-0.1, -0.05) is 5.16 Å². The maximum absolute atomic E-state index is 11.5. The quantitative estimate of drug-likeness (QED) is 0.828. The van der Waals surface area contributed by atoms with Crippen LogP contribution in [0.5, 0.6) is 0 Å². The van der Waals surface area contributed by atoms with E-state index < -0.39 is 17.7 Å². The third-order valence-electron chi connectivity index (χ3n) is 2.00. The number of carbonyl (C=O) groups is 1. The number of nitrogens with zero attached hydrogens (tertiary/aromatic N) is 2. The summed E-state index contributed by atoms with van der Waals surface area (Å²) in [5.41, 5.74) is 5.24. The molecule has 0 spiro atoms. The van der Waals surface area contributed by atoms with Crippen LogP contribution in [0.1, 0.15) is 45.0 Å². The summed E-state index contributed by atoms with van der Waals surface area (Å²) in [7, 11) is 0. The number of amides is 1. The average molecular weight is 252 g/mol. The summed E-state index contributed by atoms with van der Waals surface area (Å²) in [6.07, 6.45) is -0.597. The number of rotatable bonds is 2. The molecule has 1 amide bonds. The van der Waals surface area contributed by atoms with Gasteiger partial charge in [0.2, 0.25) is 5.88 Å². The molecule has 1 unspecified atom stereocenters. The minimum absolute atomic E-state index is 0.0645. The van der Waals surface area contributed by atoms with Crippen molar-refractivity contribution in [2.24, 2.45) is 0 Å². The third-order valence-corrected chi connectivity index (χ3v) is 2.00. The molecular weight excluding hydrogens is 236 g/mol. The summed E-state index contributed by atoms with van der Waals surface area (Å²) in [5.74, 6) is -0.0645. The lowest BCUT2D eigenvalue weighted by molar-refractivity contribution is 0.0506. The molecule has 7 nitrogen and oxygen atoms in total. The Bertz CT molecular complexity index is 481. The number of nitrogens with one attached hydrogen (secondary N) is 1. The van der Waals surface area contributed by atoms with Crippen molar-refractivity contribution in [1.29, 1.82) is 5.26 Å². The Morgan fingerprint density at radius 3 is 2.72 bits per heavy atom. The molecule has 0 aliphatic rings. The monoisotopic (exact) mass is 252 g/mol. The number of nitrogens with two attached hydrogens (primary N) is 1. The predicted molar refractivity (Wildman–Crippen MR) is 63.4 cm³/mol. The number of anilines is 1. The fraction of sp³-hybridized carbons (Fsp3) is 0.545. The first-order chi connectivity index (χ1) is 8.24. The second-order valence-electron chi connectivity index (χ2n) is 4.79. The smallest absolute Gasteiger partial charge is 0.408 e. The van der Waals surface area contributed by atoms with E-state index in [2.05, 4.69) is 10.5 Å². The Kier molecular flexibility index (Phi) is 3.81. The Balaban J connectivity index is 2.74. The SMILES string of the molecule is CC(NC(=O)OC(C)(C)C)c1noc(N)c1C#N. The molecule has 0 aromatic carbocycles. The first-order valence-corrected chi connectivity index (χ1v) is 5.39. The number of nitrogen functional groups attached to an aromatic ring is 1. The second-order valence-corrected chi connectivity index (χ2v) is 4.79. The Morgan fingerprint density at radius 1 is 1.61 bits per heavy atom. The van der Waals surface area contributed by atoms with Crippen molar-refractivity contribution in [3.8, 4) is 6.07 Å². The molecule has 0 saturated carbocycles. The highest BCUT2D eigenvalue weighted by atomic mass is 16.6. The van der Waals surface area contributed by atoms with Crippen LogP contribution in [-0.4, -0.2) is 16.9 Å². The van der Waals surface area contributed by atoms with Crippen molar-refractivity contribution >= 4 is 12.0 Å². The first kappa shape index (κ1) is 13.8. The van der Waals surface area contributed by atoms with E-state index in [-0.39, 0.29) is 17.1 Å². The number of hydrogen-bond acceptors (Lipinski definition) is 6. The maximum atomic E-state index is 11.5. The van der Waals surface area contributed by atoms with Crippen LogP contribution in [0.4, 0.5) is 10.7 Å². The molecule has 0 aliphatic heterocycles. The van der Waals surface area contributed by atoms with Gasteiger partial charge in [0.1, 0.15) is 22.9 Å². The van der Waals surface area contributed by atoms with Crippen molar-refractivity contribution in [3.63, 3.8) is 0 Å². The van der Waals surface area contributed by atoms with Gasteiger partial charge in [-0.05, 0) is 27.7 Å². The third kappa shape index (κ3) is 3.38. The molecule has 1 heterocycles. The highest BCUT2D eigenvalue weighted by Crippen LogP contribution is 2.21. The van der Waals surface area contributed by atoms with E-state index in [9.17, 15) is 4.79 Å². The van der Waals surface area contributed by atoms with E-state index in [4.69, 9.17) is 20.3 Å². The zero-order chi connectivity index (χ0) is 13.9. The molecule has 18 heavy (non-hydrogen) atoms. The van der Waals surface area contributed by atoms with Gasteiger partial charge in [0, 0.05) is 0 Å². The first-order valence-electron chi connectivity index (χ1n) is 5.39. The lowest BCUT2D eigenvalue weighted by Gasteiger charge is -2.21. The lowest BCUT2D eigenvalue weighted by Crippen LogP contribution is -2.34. The number of nitriles is 1. The van der Waals surface area contributed by atoms with Gasteiger partial charge in [0.15, 0.2) is 0 Å². The molecule has 7 heteroatoms. The van der Waals surface area contributed by atoms with E-state index in [0.29, 0.717) is 0 Å². The molecule has 0 saturated heterocycles. The van der Waals surface area contributed by atoms with Gasteiger partial charge in [-0.3, -0.25) is 0 Å². The average Bonchev–Trinajstić information content (AvgIpc) is 2.56. The molecule has 1 atom stereocenters. The lowest BCUT2D eigenvalue weighted by atomic mass is 10.1. The zero-order valence-corrected chi connectivity index (χ0v) is 10.8. The number of carbonyl (C=O) groups excluding carboxylic acids is 1. The van der Waals surface area contributed by atoms with Gasteiger partial charge < -0.3 is 20.3 Å². The Hall–Kier alpha value is -2.23. The van der Waals surface area contributed by atoms with Gasteiger partial charge in [0.25, 0.3) is 0 Å². The number of hydrogen-bond donors (Lipinski definition) is 2. The van der Waals surface area contributed by atoms with Gasteiger partial charge >= 0.3 is 6.09 Å². The Labute approximate surface area is 105 Å². The van der Waals surface area contributed by atoms with Crippen LogP contribution in [0.25, 0.3) is 0 Å².